The van der Waals surface area contributed by atoms with Crippen molar-refractivity contribution < 1.29 is 8.78 Å². The van der Waals surface area contributed by atoms with Gasteiger partial charge in [0.05, 0.1) is 10.0 Å². The Bertz CT molecular complexity index is 635. The Labute approximate surface area is 111 Å². The number of nitrogens with one attached hydrogen (secondary N) is 1. The topological polar surface area (TPSA) is 35.8 Å². The van der Waals surface area contributed by atoms with Crippen molar-refractivity contribution in [2.45, 2.75) is 0 Å². The maximum atomic E-state index is 13.4. The Balaban J connectivity index is 2.26. The molecule has 0 spiro atoms. The van der Waals surface area contributed by atoms with Gasteiger partial charge in [-0.05, 0) is 52.3 Å². The van der Waals surface area contributed by atoms with Crippen LogP contribution in [0.4, 0.5) is 20.2 Å². The van der Waals surface area contributed by atoms with Crippen molar-refractivity contribution in [1.29, 1.82) is 5.26 Å². The minimum atomic E-state index is -0.594. The van der Waals surface area contributed by atoms with Gasteiger partial charge < -0.3 is 5.32 Å². The van der Waals surface area contributed by atoms with E-state index in [-0.39, 0.29) is 11.4 Å². The van der Waals surface area contributed by atoms with Crippen LogP contribution >= 0.6 is 15.9 Å². The monoisotopic (exact) mass is 308 g/mol. The fourth-order valence-corrected chi connectivity index (χ4v) is 1.80. The van der Waals surface area contributed by atoms with Crippen molar-refractivity contribution in [1.82, 2.24) is 0 Å². The molecule has 2 aromatic carbocycles. The van der Waals surface area contributed by atoms with Crippen LogP contribution < -0.4 is 5.32 Å². The van der Waals surface area contributed by atoms with Gasteiger partial charge in [-0.2, -0.15) is 5.26 Å². The summed E-state index contributed by atoms with van der Waals surface area (Å²) in [5, 5.41) is 11.5. The average Bonchev–Trinajstić information content (AvgIpc) is 2.34. The molecular weight excluding hydrogens is 302 g/mol. The Morgan fingerprint density at radius 1 is 1.00 bits per heavy atom. The zero-order valence-electron chi connectivity index (χ0n) is 9.05. The van der Waals surface area contributed by atoms with E-state index in [0.717, 1.165) is 0 Å². The minimum absolute atomic E-state index is 0.0131. The largest absolute Gasteiger partial charge is 0.355 e. The molecule has 2 rings (SSSR count). The third kappa shape index (κ3) is 2.66. The molecule has 2 nitrogen and oxygen atoms in total. The Hall–Kier alpha value is -1.93. The number of hydrogen-bond acceptors (Lipinski definition) is 2. The summed E-state index contributed by atoms with van der Waals surface area (Å²) >= 11 is 3.06. The molecule has 0 aliphatic carbocycles. The van der Waals surface area contributed by atoms with E-state index < -0.39 is 5.82 Å². The van der Waals surface area contributed by atoms with E-state index in [1.807, 2.05) is 0 Å². The summed E-state index contributed by atoms with van der Waals surface area (Å²) in [6.45, 7) is 0. The first-order valence-electron chi connectivity index (χ1n) is 5.02. The van der Waals surface area contributed by atoms with Crippen LogP contribution in [-0.2, 0) is 0 Å². The van der Waals surface area contributed by atoms with Gasteiger partial charge in [-0.15, -0.1) is 0 Å². The first kappa shape index (κ1) is 12.5. The van der Waals surface area contributed by atoms with Gasteiger partial charge in [0.1, 0.15) is 17.7 Å². The summed E-state index contributed by atoms with van der Waals surface area (Å²) in [7, 11) is 0. The highest BCUT2D eigenvalue weighted by Gasteiger charge is 2.04. The molecule has 0 amide bonds. The fraction of sp³-hybridized carbons (Fsp3) is 0. The quantitative estimate of drug-likeness (QED) is 0.895. The second kappa shape index (κ2) is 5.15. The highest BCUT2D eigenvalue weighted by Crippen LogP contribution is 2.24. The van der Waals surface area contributed by atoms with E-state index in [0.29, 0.717) is 15.8 Å². The van der Waals surface area contributed by atoms with Crippen LogP contribution in [0.15, 0.2) is 40.9 Å². The van der Waals surface area contributed by atoms with Gasteiger partial charge in [0.2, 0.25) is 0 Å². The molecule has 0 saturated heterocycles. The number of nitrogens with zero attached hydrogens (tertiary/aromatic N) is 1. The SMILES string of the molecule is N#Cc1ccc(Nc2ccc(F)c(Br)c2)cc1F. The van der Waals surface area contributed by atoms with E-state index in [1.165, 1.54) is 24.3 Å². The van der Waals surface area contributed by atoms with Crippen LogP contribution in [0.25, 0.3) is 0 Å². The van der Waals surface area contributed by atoms with Gasteiger partial charge in [-0.1, -0.05) is 0 Å². The van der Waals surface area contributed by atoms with E-state index in [2.05, 4.69) is 21.2 Å². The predicted molar refractivity (Wildman–Crippen MR) is 68.5 cm³/mol. The Kier molecular flexibility index (Phi) is 3.58. The molecule has 0 atom stereocenters. The summed E-state index contributed by atoms with van der Waals surface area (Å²) in [5.74, 6) is -0.963. The molecule has 0 fully saturated rings. The zero-order valence-corrected chi connectivity index (χ0v) is 10.6. The molecule has 0 aromatic heterocycles. The smallest absolute Gasteiger partial charge is 0.143 e. The zero-order chi connectivity index (χ0) is 13.1. The predicted octanol–water partition coefficient (Wildman–Crippen LogP) is 4.34. The molecule has 90 valence electrons. The van der Waals surface area contributed by atoms with E-state index in [4.69, 9.17) is 5.26 Å². The maximum absolute atomic E-state index is 13.4. The number of nitriles is 1. The number of halogens is 3. The first-order chi connectivity index (χ1) is 8.60. The molecule has 0 unspecified atom stereocenters. The molecule has 0 aliphatic heterocycles. The van der Waals surface area contributed by atoms with Crippen molar-refractivity contribution in [2.75, 3.05) is 5.32 Å². The summed E-state index contributed by atoms with van der Waals surface area (Å²) in [6.07, 6.45) is 0. The van der Waals surface area contributed by atoms with Crippen LogP contribution in [0.2, 0.25) is 0 Å². The lowest BCUT2D eigenvalue weighted by atomic mass is 10.2. The van der Waals surface area contributed by atoms with E-state index in [9.17, 15) is 8.78 Å². The van der Waals surface area contributed by atoms with Crippen LogP contribution in [0, 0.1) is 23.0 Å². The van der Waals surface area contributed by atoms with Crippen LogP contribution in [0.1, 0.15) is 5.56 Å². The summed E-state index contributed by atoms with van der Waals surface area (Å²) in [4.78, 5) is 0. The van der Waals surface area contributed by atoms with Crippen molar-refractivity contribution >= 4 is 27.3 Å². The molecule has 5 heteroatoms. The van der Waals surface area contributed by atoms with Gasteiger partial charge >= 0.3 is 0 Å². The second-order valence-corrected chi connectivity index (χ2v) is 4.41. The van der Waals surface area contributed by atoms with Crippen LogP contribution in [-0.4, -0.2) is 0 Å². The lowest BCUT2D eigenvalue weighted by molar-refractivity contribution is 0.621. The number of rotatable bonds is 2. The summed E-state index contributed by atoms with van der Waals surface area (Å²) < 4.78 is 26.7. The summed E-state index contributed by atoms with van der Waals surface area (Å²) in [6, 6.07) is 10.3. The molecular formula is C13H7BrF2N2. The number of benzene rings is 2. The molecule has 1 N–H and O–H groups in total. The molecule has 18 heavy (non-hydrogen) atoms. The molecule has 0 aliphatic rings. The third-order valence-corrected chi connectivity index (χ3v) is 2.91. The fourth-order valence-electron chi connectivity index (χ4n) is 1.42. The Morgan fingerprint density at radius 3 is 2.28 bits per heavy atom. The normalized spacial score (nSPS) is 9.89. The van der Waals surface area contributed by atoms with Crippen LogP contribution in [0.5, 0.6) is 0 Å². The van der Waals surface area contributed by atoms with Gasteiger partial charge in [-0.3, -0.25) is 0 Å². The van der Waals surface area contributed by atoms with Crippen molar-refractivity contribution in [3.63, 3.8) is 0 Å². The maximum Gasteiger partial charge on any atom is 0.143 e. The van der Waals surface area contributed by atoms with E-state index >= 15 is 0 Å². The van der Waals surface area contributed by atoms with Gasteiger partial charge in [-0.25, -0.2) is 8.78 Å². The molecule has 0 bridgehead atoms. The standard InChI is InChI=1S/C13H7BrF2N2/c14-11-5-9(3-4-12(11)15)18-10-2-1-8(7-17)13(16)6-10/h1-6,18H. The lowest BCUT2D eigenvalue weighted by Gasteiger charge is -2.07. The van der Waals surface area contributed by atoms with Gasteiger partial charge in [0.15, 0.2) is 0 Å². The lowest BCUT2D eigenvalue weighted by Crippen LogP contribution is -1.93. The van der Waals surface area contributed by atoms with Crippen LogP contribution in [0.3, 0.4) is 0 Å². The second-order valence-electron chi connectivity index (χ2n) is 3.56. The molecule has 0 radical (unpaired) electrons. The van der Waals surface area contributed by atoms with Gasteiger partial charge in [0.25, 0.3) is 0 Å². The molecule has 2 aromatic rings. The summed E-state index contributed by atoms with van der Waals surface area (Å²) in [5.41, 5.74) is 1.10. The highest BCUT2D eigenvalue weighted by atomic mass is 79.9. The highest BCUT2D eigenvalue weighted by molar-refractivity contribution is 9.10. The van der Waals surface area contributed by atoms with Crippen molar-refractivity contribution in [3.8, 4) is 6.07 Å². The average molecular weight is 309 g/mol. The number of anilines is 2. The minimum Gasteiger partial charge on any atom is -0.355 e. The Morgan fingerprint density at radius 2 is 1.67 bits per heavy atom. The third-order valence-electron chi connectivity index (χ3n) is 2.30. The first-order valence-corrected chi connectivity index (χ1v) is 5.81. The van der Waals surface area contributed by atoms with Crippen molar-refractivity contribution in [2.24, 2.45) is 0 Å². The van der Waals surface area contributed by atoms with Gasteiger partial charge in [0, 0.05) is 11.4 Å². The van der Waals surface area contributed by atoms with E-state index in [1.54, 1.807) is 18.2 Å². The van der Waals surface area contributed by atoms with Crippen molar-refractivity contribution in [3.05, 3.63) is 58.1 Å². The molecule has 0 heterocycles. The molecule has 0 saturated carbocycles. The number of hydrogen-bond donors (Lipinski definition) is 1.